The predicted molar refractivity (Wildman–Crippen MR) is 116 cm³/mol. The van der Waals surface area contributed by atoms with Crippen LogP contribution >= 0.6 is 23.2 Å². The zero-order chi connectivity index (χ0) is 23.2. The second-order valence-corrected chi connectivity index (χ2v) is 7.68. The van der Waals surface area contributed by atoms with Crippen LogP contribution in [0.4, 0.5) is 20.3 Å². The molecule has 0 bridgehead atoms. The Kier molecular flexibility index (Phi) is 5.68. The fourth-order valence-electron chi connectivity index (χ4n) is 3.17. The van der Waals surface area contributed by atoms with Gasteiger partial charge in [-0.05, 0) is 42.8 Å². The molecule has 0 aliphatic heterocycles. The number of amides is 1. The summed E-state index contributed by atoms with van der Waals surface area (Å²) in [5, 5.41) is 17.0. The highest BCUT2D eigenvalue weighted by molar-refractivity contribution is 6.34. The van der Waals surface area contributed by atoms with Crippen molar-refractivity contribution in [3.8, 4) is 5.69 Å². The fourth-order valence-corrected chi connectivity index (χ4v) is 3.72. The first-order chi connectivity index (χ1) is 15.2. The maximum absolute atomic E-state index is 14.9. The van der Waals surface area contributed by atoms with Crippen molar-refractivity contribution in [2.24, 2.45) is 0 Å². The van der Waals surface area contributed by atoms with Crippen LogP contribution in [0.25, 0.3) is 16.7 Å². The molecule has 4 aromatic rings. The molecule has 0 aliphatic carbocycles. The topological polar surface area (TPSA) is 119 Å². The van der Waals surface area contributed by atoms with Crippen molar-refractivity contribution >= 4 is 51.6 Å². The molecule has 0 saturated carbocycles. The van der Waals surface area contributed by atoms with Crippen molar-refractivity contribution in [3.63, 3.8) is 0 Å². The Morgan fingerprint density at radius 1 is 1.16 bits per heavy atom. The van der Waals surface area contributed by atoms with E-state index in [9.17, 15) is 18.7 Å². The van der Waals surface area contributed by atoms with Crippen LogP contribution in [0.5, 0.6) is 0 Å². The van der Waals surface area contributed by atoms with Crippen LogP contribution in [0.2, 0.25) is 10.0 Å². The third-order valence-corrected chi connectivity index (χ3v) is 5.09. The maximum atomic E-state index is 14.9. The van der Waals surface area contributed by atoms with Crippen molar-refractivity contribution < 1.29 is 18.7 Å². The lowest BCUT2D eigenvalue weighted by Gasteiger charge is -2.14. The van der Waals surface area contributed by atoms with E-state index in [1.54, 1.807) is 6.92 Å². The van der Waals surface area contributed by atoms with E-state index in [1.165, 1.54) is 30.6 Å². The lowest BCUT2D eigenvalue weighted by molar-refractivity contribution is -0.124. The van der Waals surface area contributed by atoms with Crippen LogP contribution in [0, 0.1) is 18.6 Å². The Morgan fingerprint density at radius 3 is 2.53 bits per heavy atom. The lowest BCUT2D eigenvalue weighted by atomic mass is 10.1. The molecule has 0 saturated heterocycles. The highest BCUT2D eigenvalue weighted by atomic mass is 35.5. The van der Waals surface area contributed by atoms with Gasteiger partial charge in [-0.1, -0.05) is 23.2 Å². The van der Waals surface area contributed by atoms with E-state index in [4.69, 9.17) is 28.9 Å². The fraction of sp³-hybridized carbons (Fsp3) is 0.100. The Balaban J connectivity index is 1.68. The van der Waals surface area contributed by atoms with Crippen LogP contribution < -0.4 is 11.1 Å². The summed E-state index contributed by atoms with van der Waals surface area (Å²) in [5.74, 6) is -3.62. The molecule has 0 fully saturated rings. The number of carbonyl (C=O) groups is 1. The predicted octanol–water partition coefficient (Wildman–Crippen LogP) is 3.96. The molecular weight excluding hydrogens is 465 g/mol. The first-order valence-corrected chi connectivity index (χ1v) is 9.82. The van der Waals surface area contributed by atoms with Crippen LogP contribution in [-0.4, -0.2) is 30.8 Å². The van der Waals surface area contributed by atoms with Crippen molar-refractivity contribution in [2.45, 2.75) is 13.0 Å². The zero-order valence-corrected chi connectivity index (χ0v) is 17.8. The van der Waals surface area contributed by atoms with Crippen LogP contribution in [0.1, 0.15) is 17.4 Å². The van der Waals surface area contributed by atoms with Gasteiger partial charge in [-0.2, -0.15) is 5.10 Å². The molecule has 2 aromatic heterocycles. The van der Waals surface area contributed by atoms with Gasteiger partial charge >= 0.3 is 0 Å². The number of carbonyl (C=O) groups excluding carboxylic acids is 1. The summed E-state index contributed by atoms with van der Waals surface area (Å²) in [4.78, 5) is 20.3. The normalized spacial score (nSPS) is 12.2. The average molecular weight is 479 g/mol. The van der Waals surface area contributed by atoms with E-state index in [0.717, 1.165) is 10.7 Å². The molecule has 0 spiro atoms. The molecule has 164 valence electrons. The number of hydrogen-bond donors (Lipinski definition) is 3. The van der Waals surface area contributed by atoms with Gasteiger partial charge in [0.15, 0.2) is 23.6 Å². The molecule has 8 nitrogen and oxygen atoms in total. The van der Waals surface area contributed by atoms with Gasteiger partial charge in [0.05, 0.1) is 11.4 Å². The summed E-state index contributed by atoms with van der Waals surface area (Å²) in [6.45, 7) is 1.64. The molecule has 12 heteroatoms. The number of rotatable bonds is 4. The second kappa shape index (κ2) is 8.30. The second-order valence-electron chi connectivity index (χ2n) is 6.81. The summed E-state index contributed by atoms with van der Waals surface area (Å²) >= 11 is 11.7. The summed E-state index contributed by atoms with van der Waals surface area (Å²) in [6, 6.07) is 6.41. The molecule has 0 radical (unpaired) electrons. The quantitative estimate of drug-likeness (QED) is 0.408. The highest BCUT2D eigenvalue weighted by Gasteiger charge is 2.24. The van der Waals surface area contributed by atoms with Gasteiger partial charge in [-0.3, -0.25) is 4.79 Å². The third-order valence-electron chi connectivity index (χ3n) is 4.65. The summed E-state index contributed by atoms with van der Waals surface area (Å²) in [6.07, 6.45) is -0.479. The number of nitrogens with one attached hydrogen (secondary N) is 1. The van der Waals surface area contributed by atoms with E-state index in [-0.39, 0.29) is 32.6 Å². The third kappa shape index (κ3) is 3.83. The van der Waals surface area contributed by atoms with Crippen LogP contribution in [0.3, 0.4) is 0 Å². The molecule has 4 N–H and O–H groups in total. The van der Waals surface area contributed by atoms with Gasteiger partial charge in [-0.25, -0.2) is 23.4 Å². The van der Waals surface area contributed by atoms with Crippen molar-refractivity contribution in [3.05, 3.63) is 69.6 Å². The number of benzene rings is 2. The molecule has 0 unspecified atom stereocenters. The van der Waals surface area contributed by atoms with Crippen LogP contribution in [0.15, 0.2) is 36.7 Å². The SMILES string of the molecule is Cc1nn(-c2ccc(NC(=O)[C@H](O)c3cc(Cl)cc(Cl)c3)c(F)c2F)c2c(N)ncnc12. The zero-order valence-electron chi connectivity index (χ0n) is 16.3. The van der Waals surface area contributed by atoms with E-state index in [0.29, 0.717) is 11.2 Å². The number of halogens is 4. The number of aryl methyl sites for hydroxylation is 1. The van der Waals surface area contributed by atoms with Crippen molar-refractivity contribution in [1.82, 2.24) is 19.7 Å². The Morgan fingerprint density at radius 2 is 1.84 bits per heavy atom. The maximum Gasteiger partial charge on any atom is 0.257 e. The summed E-state index contributed by atoms with van der Waals surface area (Å²) < 4.78 is 30.8. The Labute approximate surface area is 189 Å². The van der Waals surface area contributed by atoms with E-state index in [2.05, 4.69) is 20.4 Å². The average Bonchev–Trinajstić information content (AvgIpc) is 3.08. The van der Waals surface area contributed by atoms with Gasteiger partial charge in [0.1, 0.15) is 23.0 Å². The van der Waals surface area contributed by atoms with Crippen molar-refractivity contribution in [2.75, 3.05) is 11.1 Å². The largest absolute Gasteiger partial charge is 0.382 e. The van der Waals surface area contributed by atoms with Crippen LogP contribution in [-0.2, 0) is 4.79 Å². The van der Waals surface area contributed by atoms with Crippen molar-refractivity contribution in [1.29, 1.82) is 0 Å². The molecule has 32 heavy (non-hydrogen) atoms. The smallest absolute Gasteiger partial charge is 0.257 e. The van der Waals surface area contributed by atoms with Gasteiger partial charge in [-0.15, -0.1) is 0 Å². The van der Waals surface area contributed by atoms with Gasteiger partial charge in [0.2, 0.25) is 0 Å². The molecule has 2 aromatic carbocycles. The number of aromatic nitrogens is 4. The molecule has 0 aliphatic rings. The number of aliphatic hydroxyl groups is 1. The number of hydrogen-bond acceptors (Lipinski definition) is 6. The summed E-state index contributed by atoms with van der Waals surface area (Å²) in [5.41, 5.74) is 6.25. The lowest BCUT2D eigenvalue weighted by Crippen LogP contribution is -2.22. The first kappa shape index (κ1) is 21.9. The minimum atomic E-state index is -1.72. The number of nitrogens with zero attached hydrogens (tertiary/aromatic N) is 4. The number of nitrogens with two attached hydrogens (primary N) is 1. The monoisotopic (exact) mass is 478 g/mol. The minimum Gasteiger partial charge on any atom is -0.382 e. The Bertz CT molecular complexity index is 1360. The first-order valence-electron chi connectivity index (χ1n) is 9.06. The number of anilines is 2. The molecule has 1 atom stereocenters. The number of aliphatic hydroxyl groups excluding tert-OH is 1. The standard InChI is InChI=1S/C20H14Cl2F2N6O2/c1-8-16-17(19(25)27-7-26-16)30(29-8)13-3-2-12(14(23)15(13)24)28-20(32)18(31)9-4-10(21)6-11(22)5-9/h2-7,18,31H,1H3,(H,28,32)(H2,25,26,27)/t18-/m1/s1. The number of nitrogen functional groups attached to an aromatic ring is 1. The molecule has 2 heterocycles. The van der Waals surface area contributed by atoms with E-state index < -0.39 is 29.3 Å². The van der Waals surface area contributed by atoms with Gasteiger partial charge in [0, 0.05) is 10.0 Å². The molecule has 1 amide bonds. The molecular formula is C20H14Cl2F2N6O2. The highest BCUT2D eigenvalue weighted by Crippen LogP contribution is 2.29. The van der Waals surface area contributed by atoms with Gasteiger partial charge in [0.25, 0.3) is 5.91 Å². The summed E-state index contributed by atoms with van der Waals surface area (Å²) in [7, 11) is 0. The van der Waals surface area contributed by atoms with Gasteiger partial charge < -0.3 is 16.2 Å². The van der Waals surface area contributed by atoms with E-state index in [1.807, 2.05) is 0 Å². The molecule has 4 rings (SSSR count). The Hall–Kier alpha value is -3.34. The van der Waals surface area contributed by atoms with E-state index >= 15 is 0 Å². The number of fused-ring (bicyclic) bond motifs is 1. The minimum absolute atomic E-state index is 0.0380.